The number of aromatic nitrogens is 1. The fourth-order valence-electron chi connectivity index (χ4n) is 3.24. The highest BCUT2D eigenvalue weighted by Gasteiger charge is 2.21. The number of esters is 1. The van der Waals surface area contributed by atoms with Gasteiger partial charge in [-0.15, -0.1) is 0 Å². The summed E-state index contributed by atoms with van der Waals surface area (Å²) in [5.41, 5.74) is 3.08. The Bertz CT molecular complexity index is 994. The first-order valence-corrected chi connectivity index (χ1v) is 9.18. The Labute approximate surface area is 163 Å². The van der Waals surface area contributed by atoms with Gasteiger partial charge in [0, 0.05) is 21.6 Å². The lowest BCUT2D eigenvalue weighted by molar-refractivity contribution is 0.0527. The van der Waals surface area contributed by atoms with Crippen molar-refractivity contribution in [2.24, 2.45) is 0 Å². The van der Waals surface area contributed by atoms with Crippen LogP contribution in [0.4, 0.5) is 0 Å². The maximum Gasteiger partial charge on any atom is 0.340 e. The Morgan fingerprint density at radius 2 is 1.96 bits per heavy atom. The summed E-state index contributed by atoms with van der Waals surface area (Å²) in [7, 11) is 0. The van der Waals surface area contributed by atoms with Gasteiger partial charge in [0.25, 0.3) is 0 Å². The number of benzene rings is 2. The molecular formula is C21H22ClNO4. The molecule has 3 rings (SSSR count). The average molecular weight is 388 g/mol. The Balaban J connectivity index is 1.89. The fourth-order valence-corrected chi connectivity index (χ4v) is 3.47. The third kappa shape index (κ3) is 3.88. The van der Waals surface area contributed by atoms with Crippen molar-refractivity contribution >= 4 is 28.5 Å². The number of hydrogen-bond donors (Lipinski definition) is 1. The monoisotopic (exact) mass is 387 g/mol. The number of halogens is 1. The lowest BCUT2D eigenvalue weighted by atomic mass is 10.1. The molecule has 0 unspecified atom stereocenters. The van der Waals surface area contributed by atoms with Crippen molar-refractivity contribution in [2.75, 3.05) is 13.2 Å². The largest absolute Gasteiger partial charge is 0.508 e. The van der Waals surface area contributed by atoms with Crippen molar-refractivity contribution in [1.29, 1.82) is 0 Å². The summed E-state index contributed by atoms with van der Waals surface area (Å²) < 4.78 is 13.1. The Morgan fingerprint density at radius 1 is 1.19 bits per heavy atom. The minimum Gasteiger partial charge on any atom is -0.508 e. The van der Waals surface area contributed by atoms with E-state index in [9.17, 15) is 9.90 Å². The van der Waals surface area contributed by atoms with Gasteiger partial charge in [0.05, 0.1) is 18.7 Å². The topological polar surface area (TPSA) is 60.7 Å². The molecule has 0 bridgehead atoms. The molecule has 6 heteroatoms. The summed E-state index contributed by atoms with van der Waals surface area (Å²) in [4.78, 5) is 12.4. The minimum atomic E-state index is -0.390. The molecule has 2 aromatic carbocycles. The molecule has 5 nitrogen and oxygen atoms in total. The second-order valence-electron chi connectivity index (χ2n) is 6.29. The zero-order valence-electron chi connectivity index (χ0n) is 15.6. The number of aryl methyl sites for hydroxylation is 1. The van der Waals surface area contributed by atoms with Crippen molar-refractivity contribution < 1.29 is 19.4 Å². The SMILES string of the molecule is CCOC(=O)c1c(C)n(CCOc2ccc(Cl)cc2C)c2ccc(O)cc12. The number of nitrogens with zero attached hydrogens (tertiary/aromatic N) is 1. The van der Waals surface area contributed by atoms with Crippen LogP contribution in [0.2, 0.25) is 5.02 Å². The van der Waals surface area contributed by atoms with Gasteiger partial charge >= 0.3 is 5.97 Å². The van der Waals surface area contributed by atoms with Crippen LogP contribution in [-0.2, 0) is 11.3 Å². The predicted octanol–water partition coefficient (Wildman–Crippen LogP) is 4.87. The van der Waals surface area contributed by atoms with E-state index in [1.54, 1.807) is 31.2 Å². The van der Waals surface area contributed by atoms with Crippen LogP contribution in [0, 0.1) is 13.8 Å². The lowest BCUT2D eigenvalue weighted by Crippen LogP contribution is -2.11. The summed E-state index contributed by atoms with van der Waals surface area (Å²) >= 11 is 5.98. The zero-order valence-corrected chi connectivity index (χ0v) is 16.3. The number of phenols is 1. The smallest absolute Gasteiger partial charge is 0.340 e. The highest BCUT2D eigenvalue weighted by Crippen LogP contribution is 2.30. The molecular weight excluding hydrogens is 366 g/mol. The summed E-state index contributed by atoms with van der Waals surface area (Å²) in [6.07, 6.45) is 0. The molecule has 0 radical (unpaired) electrons. The molecule has 0 saturated heterocycles. The Kier molecular flexibility index (Phi) is 5.61. The molecule has 142 valence electrons. The number of rotatable bonds is 6. The maximum absolute atomic E-state index is 12.4. The number of fused-ring (bicyclic) bond motifs is 1. The number of ether oxygens (including phenoxy) is 2. The number of carbonyl (C=O) groups is 1. The van der Waals surface area contributed by atoms with Gasteiger partial charge in [-0.2, -0.15) is 0 Å². The van der Waals surface area contributed by atoms with Gasteiger partial charge in [-0.3, -0.25) is 0 Å². The van der Waals surface area contributed by atoms with Crippen molar-refractivity contribution in [1.82, 2.24) is 4.57 Å². The molecule has 0 aliphatic carbocycles. The van der Waals surface area contributed by atoms with Crippen molar-refractivity contribution in [3.63, 3.8) is 0 Å². The molecule has 1 heterocycles. The molecule has 1 N–H and O–H groups in total. The van der Waals surface area contributed by atoms with E-state index in [1.165, 1.54) is 0 Å². The highest BCUT2D eigenvalue weighted by molar-refractivity contribution is 6.30. The van der Waals surface area contributed by atoms with E-state index in [0.29, 0.717) is 35.7 Å². The molecule has 0 atom stereocenters. The highest BCUT2D eigenvalue weighted by atomic mass is 35.5. The van der Waals surface area contributed by atoms with E-state index < -0.39 is 0 Å². The first kappa shape index (κ1) is 19.1. The normalized spacial score (nSPS) is 11.0. The lowest BCUT2D eigenvalue weighted by Gasteiger charge is -2.12. The number of aromatic hydroxyl groups is 1. The van der Waals surface area contributed by atoms with E-state index in [1.807, 2.05) is 30.5 Å². The second kappa shape index (κ2) is 7.92. The number of hydrogen-bond acceptors (Lipinski definition) is 4. The third-order valence-electron chi connectivity index (χ3n) is 4.50. The maximum atomic E-state index is 12.4. The number of phenolic OH excluding ortho intramolecular Hbond substituents is 1. The van der Waals surface area contributed by atoms with Crippen LogP contribution in [0.15, 0.2) is 36.4 Å². The van der Waals surface area contributed by atoms with Crippen LogP contribution in [0.3, 0.4) is 0 Å². The minimum absolute atomic E-state index is 0.109. The third-order valence-corrected chi connectivity index (χ3v) is 4.73. The summed E-state index contributed by atoms with van der Waals surface area (Å²) in [6, 6.07) is 10.5. The first-order valence-electron chi connectivity index (χ1n) is 8.80. The first-order chi connectivity index (χ1) is 12.9. The van der Waals surface area contributed by atoms with E-state index in [-0.39, 0.29) is 11.7 Å². The Hall–Kier alpha value is -2.66. The molecule has 0 aliphatic heterocycles. The van der Waals surface area contributed by atoms with Gasteiger partial charge in [0.15, 0.2) is 0 Å². The van der Waals surface area contributed by atoms with E-state index in [2.05, 4.69) is 0 Å². The zero-order chi connectivity index (χ0) is 19.6. The van der Waals surface area contributed by atoms with Crippen LogP contribution < -0.4 is 4.74 Å². The van der Waals surface area contributed by atoms with Crippen LogP contribution in [0.5, 0.6) is 11.5 Å². The molecule has 27 heavy (non-hydrogen) atoms. The molecule has 3 aromatic rings. The van der Waals surface area contributed by atoms with E-state index >= 15 is 0 Å². The molecule has 0 saturated carbocycles. The van der Waals surface area contributed by atoms with Gasteiger partial charge < -0.3 is 19.1 Å². The van der Waals surface area contributed by atoms with Gasteiger partial charge in [-0.1, -0.05) is 11.6 Å². The van der Waals surface area contributed by atoms with Crippen LogP contribution >= 0.6 is 11.6 Å². The van der Waals surface area contributed by atoms with Gasteiger partial charge in [0.1, 0.15) is 18.1 Å². The molecule has 0 fully saturated rings. The standard InChI is InChI=1S/C21H22ClNO4/c1-4-26-21(25)20-14(3)23(18-7-6-16(24)12-17(18)20)9-10-27-19-8-5-15(22)11-13(19)2/h5-8,11-12,24H,4,9-10H2,1-3H3. The summed E-state index contributed by atoms with van der Waals surface area (Å²) in [6.45, 7) is 6.86. The van der Waals surface area contributed by atoms with Gasteiger partial charge in [0.2, 0.25) is 0 Å². The van der Waals surface area contributed by atoms with E-state index in [4.69, 9.17) is 21.1 Å². The van der Waals surface area contributed by atoms with Crippen molar-refractivity contribution in [2.45, 2.75) is 27.3 Å². The predicted molar refractivity (Wildman–Crippen MR) is 106 cm³/mol. The molecule has 0 amide bonds. The average Bonchev–Trinajstić information content (AvgIpc) is 2.88. The van der Waals surface area contributed by atoms with Crippen LogP contribution in [-0.4, -0.2) is 28.9 Å². The Morgan fingerprint density at radius 3 is 2.67 bits per heavy atom. The summed E-state index contributed by atoms with van der Waals surface area (Å²) in [5.74, 6) is 0.494. The van der Waals surface area contributed by atoms with Crippen LogP contribution in [0.1, 0.15) is 28.5 Å². The van der Waals surface area contributed by atoms with Crippen LogP contribution in [0.25, 0.3) is 10.9 Å². The second-order valence-corrected chi connectivity index (χ2v) is 6.73. The molecule has 0 spiro atoms. The molecule has 1 aromatic heterocycles. The number of carbonyl (C=O) groups excluding carboxylic acids is 1. The van der Waals surface area contributed by atoms with Crippen molar-refractivity contribution in [3.05, 3.63) is 58.2 Å². The van der Waals surface area contributed by atoms with Gasteiger partial charge in [-0.25, -0.2) is 4.79 Å². The van der Waals surface area contributed by atoms with Gasteiger partial charge in [-0.05, 0) is 62.7 Å². The van der Waals surface area contributed by atoms with E-state index in [0.717, 1.165) is 22.5 Å². The summed E-state index contributed by atoms with van der Waals surface area (Å²) in [5, 5.41) is 11.2. The molecule has 0 aliphatic rings. The fraction of sp³-hybridized carbons (Fsp3) is 0.286. The quantitative estimate of drug-likeness (QED) is 0.613. The van der Waals surface area contributed by atoms with Crippen molar-refractivity contribution in [3.8, 4) is 11.5 Å².